The van der Waals surface area contributed by atoms with Crippen LogP contribution in [0.4, 0.5) is 10.6 Å². The smallest absolute Gasteiger partial charge is 0.341 e. The molecule has 1 unspecified atom stereocenters. The number of nitrogens with two attached hydrogens (primary N) is 1. The van der Waals surface area contributed by atoms with Crippen LogP contribution in [-0.2, 0) is 4.79 Å². The van der Waals surface area contributed by atoms with Gasteiger partial charge in [-0.05, 0) is 19.3 Å². The molecule has 0 saturated carbocycles. The highest BCUT2D eigenvalue weighted by Gasteiger charge is 2.35. The summed E-state index contributed by atoms with van der Waals surface area (Å²) >= 11 is 0. The van der Waals surface area contributed by atoms with Crippen LogP contribution in [0, 0.1) is 12.8 Å². The fourth-order valence-electron chi connectivity index (χ4n) is 2.32. The number of hydrazine groups is 1. The third-order valence-corrected chi connectivity index (χ3v) is 3.93. The molecule has 1 aromatic heterocycles. The molecule has 2 heterocycles. The highest BCUT2D eigenvalue weighted by atomic mass is 16.5. The predicted octanol–water partition coefficient (Wildman–Crippen LogP) is 1.34. The van der Waals surface area contributed by atoms with E-state index in [9.17, 15) is 9.59 Å². The fourth-order valence-corrected chi connectivity index (χ4v) is 2.32. The van der Waals surface area contributed by atoms with Crippen molar-refractivity contribution in [2.24, 2.45) is 11.7 Å². The molecule has 0 aromatic carbocycles. The summed E-state index contributed by atoms with van der Waals surface area (Å²) in [6, 6.07) is 0.605. The molecule has 122 valence electrons. The number of carbonyl (C=O) groups is 2. The zero-order chi connectivity index (χ0) is 16.3. The third-order valence-electron chi connectivity index (χ3n) is 3.93. The zero-order valence-corrected chi connectivity index (χ0v) is 13.2. The summed E-state index contributed by atoms with van der Waals surface area (Å²) in [5, 5.41) is 9.14. The van der Waals surface area contributed by atoms with E-state index in [1.54, 1.807) is 13.0 Å². The molecule has 3 N–H and O–H groups in total. The van der Waals surface area contributed by atoms with Gasteiger partial charge in [-0.1, -0.05) is 25.4 Å². The van der Waals surface area contributed by atoms with E-state index in [1.165, 1.54) is 10.0 Å². The first kappa shape index (κ1) is 16.3. The molecule has 0 spiro atoms. The number of carbonyl (C=O) groups excluding carboxylic acids is 2. The minimum absolute atomic E-state index is 0.0659. The summed E-state index contributed by atoms with van der Waals surface area (Å²) in [5.74, 6) is 0.769. The number of hydrogen-bond acceptors (Lipinski definition) is 5. The summed E-state index contributed by atoms with van der Waals surface area (Å²) in [5.41, 5.74) is 5.99. The zero-order valence-electron chi connectivity index (χ0n) is 13.2. The largest absolute Gasteiger partial charge is 0.360 e. The van der Waals surface area contributed by atoms with Crippen molar-refractivity contribution in [3.63, 3.8) is 0 Å². The Bertz CT molecular complexity index is 544. The first-order valence-electron chi connectivity index (χ1n) is 7.52. The lowest BCUT2D eigenvalue weighted by Crippen LogP contribution is -2.53. The molecular formula is C14H23N5O3. The minimum atomic E-state index is -0.604. The van der Waals surface area contributed by atoms with Crippen LogP contribution >= 0.6 is 0 Å². The average molecular weight is 309 g/mol. The standard InChI is InChI=1S/C14H23N5O3/c1-4-9(2)12(15)13(20)18-6-5-7-19(18)14(21)16-11-8-10(3)22-17-11/h8-9,12H,4-7,15H2,1-3H3,(H,16,17,21)/t9?,12-/m0/s1. The van der Waals surface area contributed by atoms with Gasteiger partial charge in [0, 0.05) is 19.2 Å². The summed E-state index contributed by atoms with van der Waals surface area (Å²) in [4.78, 5) is 24.8. The molecule has 1 fully saturated rings. The molecule has 2 rings (SSSR count). The van der Waals surface area contributed by atoms with E-state index in [0.29, 0.717) is 24.7 Å². The van der Waals surface area contributed by atoms with Gasteiger partial charge in [-0.3, -0.25) is 10.1 Å². The van der Waals surface area contributed by atoms with Gasteiger partial charge in [-0.15, -0.1) is 0 Å². The molecular weight excluding hydrogens is 286 g/mol. The summed E-state index contributed by atoms with van der Waals surface area (Å²) in [7, 11) is 0. The number of nitrogens with one attached hydrogen (secondary N) is 1. The van der Waals surface area contributed by atoms with E-state index < -0.39 is 12.1 Å². The first-order chi connectivity index (χ1) is 10.4. The lowest BCUT2D eigenvalue weighted by atomic mass is 9.99. The maximum absolute atomic E-state index is 12.5. The van der Waals surface area contributed by atoms with E-state index in [2.05, 4.69) is 10.5 Å². The van der Waals surface area contributed by atoms with Crippen LogP contribution in [0.15, 0.2) is 10.6 Å². The van der Waals surface area contributed by atoms with Crippen molar-refractivity contribution in [1.29, 1.82) is 0 Å². The van der Waals surface area contributed by atoms with Gasteiger partial charge in [-0.2, -0.15) is 0 Å². The van der Waals surface area contributed by atoms with E-state index in [0.717, 1.165) is 12.8 Å². The number of anilines is 1. The van der Waals surface area contributed by atoms with Gasteiger partial charge in [0.05, 0.1) is 6.04 Å². The molecule has 0 bridgehead atoms. The second kappa shape index (κ2) is 6.78. The molecule has 0 aliphatic carbocycles. The van der Waals surface area contributed by atoms with Gasteiger partial charge < -0.3 is 10.3 Å². The quantitative estimate of drug-likeness (QED) is 0.873. The molecule has 1 aliphatic heterocycles. The highest BCUT2D eigenvalue weighted by Crippen LogP contribution is 2.17. The van der Waals surface area contributed by atoms with E-state index in [1.807, 2.05) is 13.8 Å². The molecule has 0 radical (unpaired) electrons. The summed E-state index contributed by atoms with van der Waals surface area (Å²) in [6.45, 7) is 6.62. The average Bonchev–Trinajstić information content (AvgIpc) is 3.13. The monoisotopic (exact) mass is 309 g/mol. The van der Waals surface area contributed by atoms with Crippen molar-refractivity contribution < 1.29 is 14.1 Å². The number of nitrogens with zero attached hydrogens (tertiary/aromatic N) is 3. The van der Waals surface area contributed by atoms with Gasteiger partial charge in [0.2, 0.25) is 0 Å². The Morgan fingerprint density at radius 1 is 1.45 bits per heavy atom. The second-order valence-corrected chi connectivity index (χ2v) is 5.60. The van der Waals surface area contributed by atoms with Crippen molar-refractivity contribution in [1.82, 2.24) is 15.2 Å². The van der Waals surface area contributed by atoms with Gasteiger partial charge >= 0.3 is 6.03 Å². The number of aromatic nitrogens is 1. The number of urea groups is 1. The second-order valence-electron chi connectivity index (χ2n) is 5.60. The van der Waals surface area contributed by atoms with Crippen LogP contribution in [0.3, 0.4) is 0 Å². The van der Waals surface area contributed by atoms with E-state index >= 15 is 0 Å². The van der Waals surface area contributed by atoms with Gasteiger partial charge in [-0.25, -0.2) is 14.8 Å². The van der Waals surface area contributed by atoms with Crippen molar-refractivity contribution in [3.05, 3.63) is 11.8 Å². The Morgan fingerprint density at radius 3 is 2.73 bits per heavy atom. The number of hydrogen-bond donors (Lipinski definition) is 2. The predicted molar refractivity (Wildman–Crippen MR) is 80.7 cm³/mol. The molecule has 22 heavy (non-hydrogen) atoms. The van der Waals surface area contributed by atoms with Crippen LogP contribution in [0.1, 0.15) is 32.4 Å². The number of rotatable bonds is 4. The normalized spacial score (nSPS) is 17.5. The maximum atomic E-state index is 12.5. The topological polar surface area (TPSA) is 105 Å². The molecule has 8 heteroatoms. The Labute approximate surface area is 129 Å². The Morgan fingerprint density at radius 2 is 2.14 bits per heavy atom. The Kier molecular flexibility index (Phi) is 5.02. The molecule has 1 aromatic rings. The van der Waals surface area contributed by atoms with Crippen molar-refractivity contribution in [3.8, 4) is 0 Å². The molecule has 1 aliphatic rings. The third kappa shape index (κ3) is 3.38. The van der Waals surface area contributed by atoms with Gasteiger partial charge in [0.1, 0.15) is 5.76 Å². The van der Waals surface area contributed by atoms with Gasteiger partial charge in [0.15, 0.2) is 5.82 Å². The van der Waals surface area contributed by atoms with Gasteiger partial charge in [0.25, 0.3) is 5.91 Å². The Hall–Kier alpha value is -2.09. The van der Waals surface area contributed by atoms with Crippen LogP contribution in [0.2, 0.25) is 0 Å². The minimum Gasteiger partial charge on any atom is -0.360 e. The summed E-state index contributed by atoms with van der Waals surface area (Å²) < 4.78 is 4.90. The lowest BCUT2D eigenvalue weighted by molar-refractivity contribution is -0.142. The SMILES string of the molecule is CCC(C)[C@H](N)C(=O)N1CCCN1C(=O)Nc1cc(C)on1. The van der Waals surface area contributed by atoms with Crippen LogP contribution < -0.4 is 11.1 Å². The van der Waals surface area contributed by atoms with Crippen LogP contribution in [0.5, 0.6) is 0 Å². The van der Waals surface area contributed by atoms with Crippen molar-refractivity contribution in [2.45, 2.75) is 39.7 Å². The first-order valence-corrected chi connectivity index (χ1v) is 7.52. The van der Waals surface area contributed by atoms with Crippen molar-refractivity contribution >= 4 is 17.8 Å². The number of aryl methyl sites for hydroxylation is 1. The molecule has 1 saturated heterocycles. The van der Waals surface area contributed by atoms with Crippen LogP contribution in [-0.4, -0.2) is 46.2 Å². The molecule has 3 amide bonds. The van der Waals surface area contributed by atoms with Crippen molar-refractivity contribution in [2.75, 3.05) is 18.4 Å². The highest BCUT2D eigenvalue weighted by molar-refractivity contribution is 5.91. The molecule has 2 atom stereocenters. The van der Waals surface area contributed by atoms with E-state index in [4.69, 9.17) is 10.3 Å². The number of amides is 3. The molecule has 8 nitrogen and oxygen atoms in total. The van der Waals surface area contributed by atoms with E-state index in [-0.39, 0.29) is 11.8 Å². The summed E-state index contributed by atoms with van der Waals surface area (Å²) in [6.07, 6.45) is 1.54. The van der Waals surface area contributed by atoms with Crippen LogP contribution in [0.25, 0.3) is 0 Å². The Balaban J connectivity index is 2.03. The fraction of sp³-hybridized carbons (Fsp3) is 0.643. The lowest BCUT2D eigenvalue weighted by Gasteiger charge is -2.31. The maximum Gasteiger partial charge on any atom is 0.341 e.